The van der Waals surface area contributed by atoms with Gasteiger partial charge in [-0.15, -0.1) is 0 Å². The van der Waals surface area contributed by atoms with Gasteiger partial charge in [-0.2, -0.15) is 0 Å². The van der Waals surface area contributed by atoms with Crippen molar-refractivity contribution in [1.29, 1.82) is 0 Å². The normalized spacial score (nSPS) is 7.56. The van der Waals surface area contributed by atoms with E-state index >= 15 is 0 Å². The summed E-state index contributed by atoms with van der Waals surface area (Å²) in [6.45, 7) is 4.05. The van der Waals surface area contributed by atoms with Gasteiger partial charge in [-0.05, 0) is 6.66 Å². The van der Waals surface area contributed by atoms with E-state index in [0.29, 0.717) is 0 Å². The average Bonchev–Trinajstić information content (AvgIpc) is 1.65. The maximum Gasteiger partial charge on any atom is 0.327 e. The van der Waals surface area contributed by atoms with E-state index in [1.807, 2.05) is 0 Å². The van der Waals surface area contributed by atoms with Gasteiger partial charge in [-0.3, -0.25) is 0 Å². The third-order valence-corrected chi connectivity index (χ3v) is 0.175. The zero-order chi connectivity index (χ0) is 7.86. The van der Waals surface area contributed by atoms with Gasteiger partial charge in [0.05, 0.1) is 6.63 Å². The summed E-state index contributed by atoms with van der Waals surface area (Å²) < 4.78 is 0. The topological polar surface area (TPSA) is 37.3 Å². The fourth-order valence-electron chi connectivity index (χ4n) is 0. The molecule has 0 atom stereocenters. The summed E-state index contributed by atoms with van der Waals surface area (Å²) in [4.78, 5) is 9.25. The summed E-state index contributed by atoms with van der Waals surface area (Å²) in [5, 5.41) is 7.60. The molecular formula is C4H7Cl2O2P. The van der Waals surface area contributed by atoms with Crippen LogP contribution < -0.4 is 0 Å². The van der Waals surface area contributed by atoms with Crippen LogP contribution >= 0.6 is 29.1 Å². The maximum absolute atomic E-state index is 9.25. The third kappa shape index (κ3) is 64.5. The Labute approximate surface area is 64.8 Å². The number of carboxylic acids is 1. The highest BCUT2D eigenvalue weighted by Gasteiger charge is 1.75. The van der Waals surface area contributed by atoms with Gasteiger partial charge in [0, 0.05) is 6.08 Å². The van der Waals surface area contributed by atoms with Gasteiger partial charge in [-0.1, -0.05) is 29.1 Å². The largest absolute Gasteiger partial charge is 0.478 e. The summed E-state index contributed by atoms with van der Waals surface area (Å²) in [7, 11) is 0. The van der Waals surface area contributed by atoms with E-state index in [0.717, 1.165) is 6.08 Å². The van der Waals surface area contributed by atoms with Crippen molar-refractivity contribution < 1.29 is 9.90 Å². The second-order valence-corrected chi connectivity index (χ2v) is 5.31. The van der Waals surface area contributed by atoms with E-state index in [2.05, 4.69) is 6.58 Å². The van der Waals surface area contributed by atoms with E-state index in [4.69, 9.17) is 27.6 Å². The monoisotopic (exact) mass is 188 g/mol. The molecule has 0 aromatic rings. The minimum absolute atomic E-state index is 0.676. The Kier molecular flexibility index (Phi) is 10.9. The molecule has 0 bridgehead atoms. The van der Waals surface area contributed by atoms with Crippen molar-refractivity contribution in [3.8, 4) is 0 Å². The molecule has 0 rings (SSSR count). The van der Waals surface area contributed by atoms with Gasteiger partial charge >= 0.3 is 5.97 Å². The zero-order valence-corrected chi connectivity index (χ0v) is 7.25. The molecule has 0 saturated heterocycles. The van der Waals surface area contributed by atoms with Gasteiger partial charge in [0.25, 0.3) is 0 Å². The van der Waals surface area contributed by atoms with Crippen LogP contribution in [0.1, 0.15) is 0 Å². The minimum Gasteiger partial charge on any atom is -0.478 e. The number of carbonyl (C=O) groups is 1. The highest BCUT2D eigenvalue weighted by atomic mass is 35.9. The van der Waals surface area contributed by atoms with E-state index in [-0.39, 0.29) is 0 Å². The molecule has 54 valence electrons. The van der Waals surface area contributed by atoms with Crippen LogP contribution in [0.25, 0.3) is 0 Å². The van der Waals surface area contributed by atoms with Gasteiger partial charge < -0.3 is 5.11 Å². The third-order valence-electron chi connectivity index (χ3n) is 0.175. The SMILES string of the molecule is C=CC(=O)O.CP(Cl)Cl. The maximum atomic E-state index is 9.25. The Morgan fingerprint density at radius 3 is 1.89 bits per heavy atom. The van der Waals surface area contributed by atoms with Crippen molar-refractivity contribution in [3.63, 3.8) is 0 Å². The molecule has 0 aliphatic rings. The van der Waals surface area contributed by atoms with E-state index in [1.165, 1.54) is 0 Å². The number of rotatable bonds is 1. The van der Waals surface area contributed by atoms with Crippen molar-refractivity contribution >= 4 is 35.1 Å². The molecule has 0 aromatic heterocycles. The minimum atomic E-state index is -0.981. The molecule has 0 spiro atoms. The molecule has 0 amide bonds. The lowest BCUT2D eigenvalue weighted by Crippen LogP contribution is -1.82. The summed E-state index contributed by atoms with van der Waals surface area (Å²) in [6, 6.07) is 0. The average molecular weight is 189 g/mol. The Hall–Kier alpha value is 0.220. The number of halogens is 2. The highest BCUT2D eigenvalue weighted by molar-refractivity contribution is 8.03. The predicted octanol–water partition coefficient (Wildman–Crippen LogP) is 2.66. The standard InChI is InChI=1S/C3H4O2.CH3Cl2P/c1-2-3(4)5;1-4(2)3/h2H,1H2,(H,4,5);1H3. The Morgan fingerprint density at radius 1 is 1.78 bits per heavy atom. The lowest BCUT2D eigenvalue weighted by Gasteiger charge is -1.72. The van der Waals surface area contributed by atoms with Crippen LogP contribution in [0.5, 0.6) is 0 Å². The van der Waals surface area contributed by atoms with Crippen LogP contribution in [0.2, 0.25) is 0 Å². The van der Waals surface area contributed by atoms with Crippen molar-refractivity contribution in [2.45, 2.75) is 0 Å². The first-order valence-electron chi connectivity index (χ1n) is 1.91. The number of carboxylic acid groups (broad SMARTS) is 1. The van der Waals surface area contributed by atoms with Crippen molar-refractivity contribution in [3.05, 3.63) is 12.7 Å². The number of hydrogen-bond donors (Lipinski definition) is 1. The molecule has 0 aliphatic carbocycles. The summed E-state index contributed by atoms with van der Waals surface area (Å²) >= 11 is 10.2. The number of aliphatic carboxylic acids is 1. The quantitative estimate of drug-likeness (QED) is 0.508. The first-order valence-corrected chi connectivity index (χ1v) is 5.51. The fourth-order valence-corrected chi connectivity index (χ4v) is 0. The molecule has 9 heavy (non-hydrogen) atoms. The van der Waals surface area contributed by atoms with Crippen LogP contribution in [0.3, 0.4) is 0 Å². The Balaban J connectivity index is 0. The fraction of sp³-hybridized carbons (Fsp3) is 0.250. The van der Waals surface area contributed by atoms with Crippen molar-refractivity contribution in [2.24, 2.45) is 0 Å². The Morgan fingerprint density at radius 2 is 1.89 bits per heavy atom. The van der Waals surface area contributed by atoms with Crippen LogP contribution in [0.4, 0.5) is 0 Å². The van der Waals surface area contributed by atoms with Crippen LogP contribution in [-0.2, 0) is 4.79 Å². The predicted molar refractivity (Wildman–Crippen MR) is 42.4 cm³/mol. The molecule has 1 N–H and O–H groups in total. The zero-order valence-electron chi connectivity index (χ0n) is 4.84. The van der Waals surface area contributed by atoms with Crippen molar-refractivity contribution in [1.82, 2.24) is 0 Å². The van der Waals surface area contributed by atoms with E-state index in [1.54, 1.807) is 6.66 Å². The molecule has 0 heterocycles. The summed E-state index contributed by atoms with van der Waals surface area (Å²) in [6.07, 6.45) is 0.833. The molecule has 0 aromatic carbocycles. The first kappa shape index (κ1) is 12.0. The molecule has 2 nitrogen and oxygen atoms in total. The van der Waals surface area contributed by atoms with Crippen LogP contribution in [0, 0.1) is 0 Å². The lowest BCUT2D eigenvalue weighted by atomic mass is 10.7. The second-order valence-electron chi connectivity index (χ2n) is 0.944. The molecule has 0 fully saturated rings. The summed E-state index contributed by atoms with van der Waals surface area (Å²) in [5.74, 6) is -0.981. The van der Waals surface area contributed by atoms with Gasteiger partial charge in [0.15, 0.2) is 0 Å². The second kappa shape index (κ2) is 8.22. The highest BCUT2D eigenvalue weighted by Crippen LogP contribution is 2.41. The van der Waals surface area contributed by atoms with E-state index in [9.17, 15) is 4.79 Å². The summed E-state index contributed by atoms with van der Waals surface area (Å²) in [5.41, 5.74) is 0. The first-order chi connectivity index (χ1) is 4.00. The van der Waals surface area contributed by atoms with Gasteiger partial charge in [-0.25, -0.2) is 4.79 Å². The van der Waals surface area contributed by atoms with Crippen LogP contribution in [-0.4, -0.2) is 17.7 Å². The lowest BCUT2D eigenvalue weighted by molar-refractivity contribution is -0.131. The molecule has 5 heteroatoms. The van der Waals surface area contributed by atoms with E-state index < -0.39 is 12.6 Å². The van der Waals surface area contributed by atoms with Gasteiger partial charge in [0.2, 0.25) is 0 Å². The molecule has 0 radical (unpaired) electrons. The van der Waals surface area contributed by atoms with Crippen LogP contribution in [0.15, 0.2) is 12.7 Å². The van der Waals surface area contributed by atoms with Gasteiger partial charge in [0.1, 0.15) is 0 Å². The molecule has 0 saturated carbocycles. The van der Waals surface area contributed by atoms with Crippen molar-refractivity contribution in [2.75, 3.05) is 6.66 Å². The molecular weight excluding hydrogens is 182 g/mol. The smallest absolute Gasteiger partial charge is 0.327 e. The number of hydrogen-bond acceptors (Lipinski definition) is 1. The molecule has 0 unspecified atom stereocenters. The Bertz CT molecular complexity index is 91.8. The molecule has 0 aliphatic heterocycles.